The van der Waals surface area contributed by atoms with Crippen LogP contribution >= 0.6 is 0 Å². The molecule has 0 spiro atoms. The van der Waals surface area contributed by atoms with E-state index >= 15 is 0 Å². The molecule has 0 bridgehead atoms. The normalized spacial score (nSPS) is 12.8. The van der Waals surface area contributed by atoms with Crippen molar-refractivity contribution in [2.75, 3.05) is 13.2 Å². The minimum atomic E-state index is -0.214. The lowest BCUT2D eigenvalue weighted by Gasteiger charge is -2.10. The highest BCUT2D eigenvalue weighted by Crippen LogP contribution is 2.30. The number of fused-ring (bicyclic) bond motifs is 1. The molecule has 0 aliphatic carbocycles. The summed E-state index contributed by atoms with van der Waals surface area (Å²) < 4.78 is 11.2. The number of hydrogen-bond donors (Lipinski definition) is 1. The van der Waals surface area contributed by atoms with Gasteiger partial charge in [-0.05, 0) is 35.9 Å². The molecule has 2 aromatic rings. The van der Waals surface area contributed by atoms with Gasteiger partial charge in [0, 0.05) is 18.5 Å². The van der Waals surface area contributed by atoms with Crippen molar-refractivity contribution in [2.45, 2.75) is 13.0 Å². The molecule has 0 fully saturated rings. The van der Waals surface area contributed by atoms with Gasteiger partial charge in [-0.3, -0.25) is 4.79 Å². The van der Waals surface area contributed by atoms with Crippen LogP contribution < -0.4 is 14.8 Å². The van der Waals surface area contributed by atoms with Gasteiger partial charge in [0.1, 0.15) is 0 Å². The molecule has 0 radical (unpaired) electrons. The molecule has 0 unspecified atom stereocenters. The summed E-state index contributed by atoms with van der Waals surface area (Å²) in [5.41, 5.74) is 1.87. The van der Waals surface area contributed by atoms with Crippen molar-refractivity contribution < 1.29 is 14.3 Å². The number of benzene rings is 2. The van der Waals surface area contributed by atoms with Gasteiger partial charge < -0.3 is 14.8 Å². The zero-order chi connectivity index (χ0) is 16.1. The van der Waals surface area contributed by atoms with Crippen molar-refractivity contribution in [3.05, 3.63) is 59.2 Å². The van der Waals surface area contributed by atoms with Gasteiger partial charge in [0.25, 0.3) is 5.91 Å². The maximum Gasteiger partial charge on any atom is 0.251 e. The molecule has 116 valence electrons. The number of ether oxygens (including phenoxy) is 2. The summed E-state index contributed by atoms with van der Waals surface area (Å²) in [6.07, 6.45) is 0.857. The quantitative estimate of drug-likeness (QED) is 0.946. The van der Waals surface area contributed by atoms with E-state index < -0.39 is 0 Å². The van der Waals surface area contributed by atoms with Crippen molar-refractivity contribution in [1.82, 2.24) is 5.32 Å². The van der Waals surface area contributed by atoms with Crippen LogP contribution in [0.4, 0.5) is 0 Å². The molecule has 2 aromatic carbocycles. The Bertz CT molecular complexity index is 765. The number of hydrogen-bond acceptors (Lipinski definition) is 4. The first-order valence-corrected chi connectivity index (χ1v) is 7.43. The Kier molecular flexibility index (Phi) is 4.44. The summed E-state index contributed by atoms with van der Waals surface area (Å²) in [4.78, 5) is 12.2. The lowest BCUT2D eigenvalue weighted by molar-refractivity contribution is 0.0951. The van der Waals surface area contributed by atoms with Gasteiger partial charge in [-0.2, -0.15) is 5.26 Å². The van der Waals surface area contributed by atoms with E-state index in [0.29, 0.717) is 36.6 Å². The first-order valence-electron chi connectivity index (χ1n) is 7.43. The van der Waals surface area contributed by atoms with Crippen molar-refractivity contribution in [2.24, 2.45) is 0 Å². The minimum Gasteiger partial charge on any atom is -0.490 e. The molecule has 1 amide bonds. The van der Waals surface area contributed by atoms with Crippen LogP contribution in [0.5, 0.6) is 11.5 Å². The molecule has 0 aromatic heterocycles. The summed E-state index contributed by atoms with van der Waals surface area (Å²) in [5.74, 6) is 1.23. The van der Waals surface area contributed by atoms with Gasteiger partial charge in [-0.15, -0.1) is 0 Å². The Morgan fingerprint density at radius 2 is 1.96 bits per heavy atom. The molecular formula is C18H16N2O3. The third kappa shape index (κ3) is 3.61. The Morgan fingerprint density at radius 3 is 2.78 bits per heavy atom. The van der Waals surface area contributed by atoms with E-state index in [4.69, 9.17) is 14.7 Å². The molecule has 5 nitrogen and oxygen atoms in total. The second-order valence-electron chi connectivity index (χ2n) is 5.21. The predicted octanol–water partition coefficient (Wildman–Crippen LogP) is 2.65. The SMILES string of the molecule is N#Cc1cccc(C(=O)NCc2ccc3c(c2)OCCCO3)c1. The third-order valence-corrected chi connectivity index (χ3v) is 3.52. The molecule has 0 atom stereocenters. The lowest BCUT2D eigenvalue weighted by Crippen LogP contribution is -2.22. The Labute approximate surface area is 134 Å². The lowest BCUT2D eigenvalue weighted by atomic mass is 10.1. The van der Waals surface area contributed by atoms with Crippen molar-refractivity contribution in [1.29, 1.82) is 5.26 Å². The molecule has 0 saturated heterocycles. The average molecular weight is 308 g/mol. The fourth-order valence-electron chi connectivity index (χ4n) is 2.33. The van der Waals surface area contributed by atoms with Crippen LogP contribution in [0.25, 0.3) is 0 Å². The van der Waals surface area contributed by atoms with Crippen LogP contribution in [-0.2, 0) is 6.54 Å². The van der Waals surface area contributed by atoms with Gasteiger partial charge in [0.05, 0.1) is 24.8 Å². The summed E-state index contributed by atoms with van der Waals surface area (Å²) >= 11 is 0. The fraction of sp³-hybridized carbons (Fsp3) is 0.222. The van der Waals surface area contributed by atoms with E-state index in [1.165, 1.54) is 0 Å². The summed E-state index contributed by atoms with van der Waals surface area (Å²) in [6, 6.07) is 14.3. The maximum atomic E-state index is 12.2. The van der Waals surface area contributed by atoms with Gasteiger partial charge in [0.2, 0.25) is 0 Å². The van der Waals surface area contributed by atoms with Gasteiger partial charge >= 0.3 is 0 Å². The zero-order valence-corrected chi connectivity index (χ0v) is 12.5. The highest BCUT2D eigenvalue weighted by molar-refractivity contribution is 5.94. The predicted molar refractivity (Wildman–Crippen MR) is 84.4 cm³/mol. The second kappa shape index (κ2) is 6.84. The summed E-state index contributed by atoms with van der Waals surface area (Å²) in [7, 11) is 0. The van der Waals surface area contributed by atoms with Crippen LogP contribution in [0.1, 0.15) is 27.9 Å². The van der Waals surface area contributed by atoms with E-state index in [0.717, 1.165) is 17.7 Å². The van der Waals surface area contributed by atoms with E-state index in [1.54, 1.807) is 24.3 Å². The number of carbonyl (C=O) groups is 1. The topological polar surface area (TPSA) is 71.4 Å². The van der Waals surface area contributed by atoms with Crippen LogP contribution in [-0.4, -0.2) is 19.1 Å². The van der Waals surface area contributed by atoms with E-state index in [2.05, 4.69) is 5.32 Å². The molecule has 1 heterocycles. The second-order valence-corrected chi connectivity index (χ2v) is 5.21. The van der Waals surface area contributed by atoms with E-state index in [9.17, 15) is 4.79 Å². The molecule has 5 heteroatoms. The minimum absolute atomic E-state index is 0.214. The molecule has 0 saturated carbocycles. The van der Waals surface area contributed by atoms with Crippen LogP contribution in [0.3, 0.4) is 0 Å². The van der Waals surface area contributed by atoms with Crippen molar-refractivity contribution in [3.8, 4) is 17.6 Å². The number of rotatable bonds is 3. The monoisotopic (exact) mass is 308 g/mol. The molecule has 1 aliphatic rings. The average Bonchev–Trinajstić information content (AvgIpc) is 2.84. The molecular weight excluding hydrogens is 292 g/mol. The largest absolute Gasteiger partial charge is 0.490 e. The molecule has 1 N–H and O–H groups in total. The number of nitriles is 1. The number of nitrogens with one attached hydrogen (secondary N) is 1. The highest BCUT2D eigenvalue weighted by atomic mass is 16.5. The maximum absolute atomic E-state index is 12.2. The number of carbonyl (C=O) groups excluding carboxylic acids is 1. The summed E-state index contributed by atoms with van der Waals surface area (Å²) in [6.45, 7) is 1.66. The first-order chi connectivity index (χ1) is 11.3. The Hall–Kier alpha value is -3.00. The van der Waals surface area contributed by atoms with Gasteiger partial charge in [0.15, 0.2) is 11.5 Å². The van der Waals surface area contributed by atoms with Crippen LogP contribution in [0.2, 0.25) is 0 Å². The summed E-state index contributed by atoms with van der Waals surface area (Å²) in [5, 5.41) is 11.7. The smallest absolute Gasteiger partial charge is 0.251 e. The Morgan fingerprint density at radius 1 is 1.13 bits per heavy atom. The fourth-order valence-corrected chi connectivity index (χ4v) is 2.33. The van der Waals surface area contributed by atoms with E-state index in [-0.39, 0.29) is 5.91 Å². The highest BCUT2D eigenvalue weighted by Gasteiger charge is 2.11. The molecule has 1 aliphatic heterocycles. The standard InChI is InChI=1S/C18H16N2O3/c19-11-13-3-1-4-15(9-13)18(21)20-12-14-5-6-16-17(10-14)23-8-2-7-22-16/h1,3-6,9-10H,2,7-8,12H2,(H,20,21). The zero-order valence-electron chi connectivity index (χ0n) is 12.5. The van der Waals surface area contributed by atoms with Crippen molar-refractivity contribution in [3.63, 3.8) is 0 Å². The number of nitrogens with zero attached hydrogens (tertiary/aromatic N) is 1. The third-order valence-electron chi connectivity index (χ3n) is 3.52. The van der Waals surface area contributed by atoms with Crippen molar-refractivity contribution >= 4 is 5.91 Å². The van der Waals surface area contributed by atoms with Gasteiger partial charge in [-0.1, -0.05) is 12.1 Å². The van der Waals surface area contributed by atoms with Gasteiger partial charge in [-0.25, -0.2) is 0 Å². The van der Waals surface area contributed by atoms with Crippen LogP contribution in [0.15, 0.2) is 42.5 Å². The number of amides is 1. The van der Waals surface area contributed by atoms with E-state index in [1.807, 2.05) is 24.3 Å². The van der Waals surface area contributed by atoms with Crippen LogP contribution in [0, 0.1) is 11.3 Å². The Balaban J connectivity index is 1.67. The first kappa shape index (κ1) is 14.9. The molecule has 3 rings (SSSR count). The molecule has 23 heavy (non-hydrogen) atoms.